The van der Waals surface area contributed by atoms with Crippen molar-refractivity contribution in [2.45, 2.75) is 105 Å². The highest BCUT2D eigenvalue weighted by atomic mass is 16.4. The van der Waals surface area contributed by atoms with Gasteiger partial charge in [-0.1, -0.05) is 0 Å². The number of carbonyl (C=O) groups is 4. The summed E-state index contributed by atoms with van der Waals surface area (Å²) in [5, 5.41) is 46.0. The lowest BCUT2D eigenvalue weighted by Crippen LogP contribution is -2.22. The van der Waals surface area contributed by atoms with Crippen LogP contribution in [0.5, 0.6) is 0 Å². The lowest BCUT2D eigenvalue weighted by molar-refractivity contribution is -0.307. The van der Waals surface area contributed by atoms with Crippen molar-refractivity contribution in [3.8, 4) is 0 Å². The fraction of sp³-hybridized carbons (Fsp3) is 0.444. The van der Waals surface area contributed by atoms with E-state index in [-0.39, 0.29) is 51.4 Å². The van der Waals surface area contributed by atoms with Crippen molar-refractivity contribution in [1.29, 1.82) is 0 Å². The number of nitrogens with one attached hydrogen (secondary N) is 4. The van der Waals surface area contributed by atoms with Crippen LogP contribution in [0.2, 0.25) is 0 Å². The minimum absolute atomic E-state index is 0.148. The Kier molecular flexibility index (Phi) is 10.0. The standard InChI is InChI=1S/C36H44N4O8/c1-17-21(5-9-33(41)42)29-14-27-19(3)22(6-10-34(43)44)30(39-27)15-28-20(4)24(8-12-36(47)48)32(40-28)16-31-23(7-11-35(45)46)18(2)26(38-31)13-25(17)37-29/h37-40H,5-16H2,1-4H3,(H,41,42)(H,43,44)(H,45,46)(H,47,48)/p-4. The second kappa shape index (κ2) is 14.0. The van der Waals surface area contributed by atoms with Gasteiger partial charge in [-0.3, -0.25) is 0 Å². The van der Waals surface area contributed by atoms with Crippen LogP contribution in [0.15, 0.2) is 0 Å². The van der Waals surface area contributed by atoms with E-state index in [1.165, 1.54) is 0 Å². The summed E-state index contributed by atoms with van der Waals surface area (Å²) in [6, 6.07) is 0. The Bertz CT molecular complexity index is 1900. The molecule has 0 amide bonds. The molecule has 0 saturated carbocycles. The summed E-state index contributed by atoms with van der Waals surface area (Å²) in [4.78, 5) is 60.3. The molecule has 0 unspecified atom stereocenters. The first-order valence-electron chi connectivity index (χ1n) is 16.3. The predicted molar refractivity (Wildman–Crippen MR) is 167 cm³/mol. The molecule has 0 saturated heterocycles. The van der Waals surface area contributed by atoms with Gasteiger partial charge in [0.1, 0.15) is 0 Å². The fourth-order valence-corrected chi connectivity index (χ4v) is 7.32. The highest BCUT2D eigenvalue weighted by molar-refractivity contribution is 5.66. The molecule has 5 heterocycles. The van der Waals surface area contributed by atoms with E-state index in [1.807, 2.05) is 27.7 Å². The summed E-state index contributed by atoms with van der Waals surface area (Å²) in [5.41, 5.74) is 13.9. The van der Waals surface area contributed by atoms with Crippen LogP contribution in [0, 0.1) is 27.7 Å². The van der Waals surface area contributed by atoms with E-state index in [1.54, 1.807) is 0 Å². The molecular weight excluding hydrogens is 616 g/mol. The van der Waals surface area contributed by atoms with E-state index in [0.717, 1.165) is 90.1 Å². The summed E-state index contributed by atoms with van der Waals surface area (Å²) in [6.07, 6.45) is 2.00. The second-order valence-corrected chi connectivity index (χ2v) is 12.9. The lowest BCUT2D eigenvalue weighted by atomic mass is 9.96. The van der Waals surface area contributed by atoms with E-state index < -0.39 is 23.9 Å². The second-order valence-electron chi connectivity index (χ2n) is 12.9. The fourth-order valence-electron chi connectivity index (χ4n) is 7.32. The van der Waals surface area contributed by atoms with Crippen LogP contribution in [0.1, 0.15) is 116 Å². The first-order chi connectivity index (χ1) is 22.7. The number of fused-ring (bicyclic) bond motifs is 8. The van der Waals surface area contributed by atoms with Gasteiger partial charge in [0, 0.05) is 95.1 Å². The van der Waals surface area contributed by atoms with Crippen molar-refractivity contribution in [3.05, 3.63) is 90.1 Å². The van der Waals surface area contributed by atoms with Gasteiger partial charge >= 0.3 is 0 Å². The third-order valence-corrected chi connectivity index (χ3v) is 10.0. The quantitative estimate of drug-likeness (QED) is 0.138. The predicted octanol–water partition coefficient (Wildman–Crippen LogP) is -0.361. The van der Waals surface area contributed by atoms with Crippen LogP contribution >= 0.6 is 0 Å². The Labute approximate surface area is 278 Å². The molecule has 0 aliphatic carbocycles. The van der Waals surface area contributed by atoms with Crippen LogP contribution < -0.4 is 20.4 Å². The SMILES string of the molecule is Cc1c2[nH]c(c1CCC(=O)[O-])Cc1[nH]c(c(CCC(=O)[O-])c1C)Cc1[nH]c(c(CCC(=O)[O-])c1C)Cc1[nH]c(c(C)c1CCC(=O)[O-])C2. The van der Waals surface area contributed by atoms with Crippen molar-refractivity contribution in [1.82, 2.24) is 19.9 Å². The maximum atomic E-state index is 11.5. The average molecular weight is 657 g/mol. The number of aliphatic carboxylic acids is 4. The molecule has 8 bridgehead atoms. The molecule has 4 aromatic heterocycles. The molecule has 0 aromatic carbocycles. The molecule has 0 atom stereocenters. The molecule has 256 valence electrons. The largest absolute Gasteiger partial charge is 0.550 e. The molecular formula is C36H40N4O8-4. The molecule has 0 fully saturated rings. The zero-order valence-electron chi connectivity index (χ0n) is 27.8. The van der Waals surface area contributed by atoms with Crippen molar-refractivity contribution < 1.29 is 39.6 Å². The van der Waals surface area contributed by atoms with Gasteiger partial charge in [-0.2, -0.15) is 0 Å². The molecule has 1 aliphatic heterocycles. The molecule has 5 rings (SSSR count). The third kappa shape index (κ3) is 7.27. The van der Waals surface area contributed by atoms with E-state index in [2.05, 4.69) is 19.9 Å². The van der Waals surface area contributed by atoms with Crippen LogP contribution in [0.3, 0.4) is 0 Å². The number of hydrogen-bond donors (Lipinski definition) is 4. The van der Waals surface area contributed by atoms with Crippen molar-refractivity contribution in [2.75, 3.05) is 0 Å². The van der Waals surface area contributed by atoms with Gasteiger partial charge in [-0.15, -0.1) is 0 Å². The van der Waals surface area contributed by atoms with E-state index in [0.29, 0.717) is 25.7 Å². The third-order valence-electron chi connectivity index (χ3n) is 10.0. The van der Waals surface area contributed by atoms with Crippen molar-refractivity contribution in [3.63, 3.8) is 0 Å². The molecule has 12 heteroatoms. The number of H-pyrrole nitrogens is 4. The topological polar surface area (TPSA) is 224 Å². The highest BCUT2D eigenvalue weighted by Crippen LogP contribution is 2.33. The van der Waals surface area contributed by atoms with Gasteiger partial charge in [0.05, 0.1) is 0 Å². The Morgan fingerprint density at radius 3 is 0.792 bits per heavy atom. The minimum Gasteiger partial charge on any atom is -0.550 e. The molecule has 1 aliphatic rings. The van der Waals surface area contributed by atoms with Gasteiger partial charge in [-0.25, -0.2) is 0 Å². The average Bonchev–Trinajstić information content (AvgIpc) is 3.66. The molecule has 12 nitrogen and oxygen atoms in total. The summed E-state index contributed by atoms with van der Waals surface area (Å²) < 4.78 is 0. The normalized spacial score (nSPS) is 12.8. The Morgan fingerprint density at radius 2 is 0.583 bits per heavy atom. The smallest absolute Gasteiger partial charge is 0.0417 e. The summed E-state index contributed by atoms with van der Waals surface area (Å²) in [6.45, 7) is 7.78. The van der Waals surface area contributed by atoms with Crippen molar-refractivity contribution >= 4 is 23.9 Å². The van der Waals surface area contributed by atoms with E-state index in [4.69, 9.17) is 0 Å². The number of rotatable bonds is 12. The molecule has 0 spiro atoms. The molecule has 48 heavy (non-hydrogen) atoms. The number of carbonyl (C=O) groups excluding carboxylic acids is 4. The highest BCUT2D eigenvalue weighted by Gasteiger charge is 2.25. The van der Waals surface area contributed by atoms with Gasteiger partial charge in [-0.05, 0) is 124 Å². The molecule has 4 aromatic rings. The van der Waals surface area contributed by atoms with Crippen LogP contribution in [-0.2, 0) is 70.5 Å². The van der Waals surface area contributed by atoms with Crippen LogP contribution in [0.25, 0.3) is 0 Å². The Balaban J connectivity index is 1.71. The lowest BCUT2D eigenvalue weighted by Gasteiger charge is -2.09. The van der Waals surface area contributed by atoms with Gasteiger partial charge in [0.15, 0.2) is 0 Å². The van der Waals surface area contributed by atoms with E-state index in [9.17, 15) is 39.6 Å². The van der Waals surface area contributed by atoms with E-state index >= 15 is 0 Å². The minimum atomic E-state index is -1.16. The Hall–Kier alpha value is -5.00. The number of hydrogen-bond acceptors (Lipinski definition) is 8. The Morgan fingerprint density at radius 1 is 0.396 bits per heavy atom. The van der Waals surface area contributed by atoms with Crippen molar-refractivity contribution in [2.24, 2.45) is 0 Å². The zero-order valence-corrected chi connectivity index (χ0v) is 27.8. The van der Waals surface area contributed by atoms with Gasteiger partial charge in [0.2, 0.25) is 0 Å². The molecule has 4 N–H and O–H groups in total. The number of carboxylic acids is 4. The summed E-state index contributed by atoms with van der Waals surface area (Å²) >= 11 is 0. The first-order valence-corrected chi connectivity index (χ1v) is 16.3. The van der Waals surface area contributed by atoms with Crippen LogP contribution in [0.4, 0.5) is 0 Å². The zero-order chi connectivity index (χ0) is 34.9. The monoisotopic (exact) mass is 656 g/mol. The summed E-state index contributed by atoms with van der Waals surface area (Å²) in [5.74, 6) is -4.63. The number of carboxylic acid groups (broad SMARTS) is 4. The summed E-state index contributed by atoms with van der Waals surface area (Å²) in [7, 11) is 0. The first kappa shape index (κ1) is 34.3. The number of aromatic amines is 4. The van der Waals surface area contributed by atoms with Gasteiger partial charge in [0.25, 0.3) is 0 Å². The maximum Gasteiger partial charge on any atom is 0.0417 e. The molecule has 0 radical (unpaired) electrons. The number of aromatic nitrogens is 4. The maximum absolute atomic E-state index is 11.5. The van der Waals surface area contributed by atoms with Crippen LogP contribution in [-0.4, -0.2) is 43.8 Å². The van der Waals surface area contributed by atoms with Gasteiger partial charge < -0.3 is 59.5 Å².